The lowest BCUT2D eigenvalue weighted by molar-refractivity contribution is -0.152. The molecular formula is C16H18N2O5. The minimum absolute atomic E-state index is 0.102. The summed E-state index contributed by atoms with van der Waals surface area (Å²) in [6.45, 7) is 1.58. The zero-order chi connectivity index (χ0) is 16.9. The molecular weight excluding hydrogens is 300 g/mol. The third kappa shape index (κ3) is 2.03. The third-order valence-corrected chi connectivity index (χ3v) is 4.87. The first-order chi connectivity index (χ1) is 10.8. The minimum Gasteiger partial charge on any atom is -0.508 e. The Morgan fingerprint density at radius 3 is 2.43 bits per heavy atom. The Kier molecular flexibility index (Phi) is 3.40. The first-order valence-corrected chi connectivity index (χ1v) is 7.27. The van der Waals surface area contributed by atoms with Crippen LogP contribution in [0.15, 0.2) is 24.3 Å². The molecule has 2 aliphatic heterocycles. The Bertz CT molecular complexity index is 686. The summed E-state index contributed by atoms with van der Waals surface area (Å²) < 4.78 is 4.84. The first-order valence-electron chi connectivity index (χ1n) is 7.27. The summed E-state index contributed by atoms with van der Waals surface area (Å²) in [5, 5.41) is 12.5. The Balaban J connectivity index is 2.09. The van der Waals surface area contributed by atoms with Crippen LogP contribution in [-0.2, 0) is 19.1 Å². The summed E-state index contributed by atoms with van der Waals surface area (Å²) >= 11 is 0. The molecule has 0 saturated carbocycles. The molecule has 3 rings (SSSR count). The van der Waals surface area contributed by atoms with E-state index in [9.17, 15) is 19.5 Å². The van der Waals surface area contributed by atoms with Gasteiger partial charge in [0.1, 0.15) is 11.3 Å². The Morgan fingerprint density at radius 2 is 1.87 bits per heavy atom. The number of hydrogen-bond donors (Lipinski definition) is 2. The van der Waals surface area contributed by atoms with Crippen molar-refractivity contribution < 1.29 is 24.2 Å². The highest BCUT2D eigenvalue weighted by atomic mass is 16.5. The predicted octanol–water partition coefficient (Wildman–Crippen LogP) is 0.199. The molecule has 122 valence electrons. The number of nitrogens with one attached hydrogen (secondary N) is 1. The standard InChI is InChI=1S/C16H18N2O5/c1-16(15(22)23-3)11-10(13(20)18(2)14(11)21)12(17-16)8-4-6-9(19)7-5-8/h4-7,10-12,17,19H,1-3H3/t10-,11-,12-,16-/m0/s1. The summed E-state index contributed by atoms with van der Waals surface area (Å²) in [4.78, 5) is 38.3. The summed E-state index contributed by atoms with van der Waals surface area (Å²) in [6, 6.07) is 5.84. The quantitative estimate of drug-likeness (QED) is 0.597. The summed E-state index contributed by atoms with van der Waals surface area (Å²) in [5.41, 5.74) is -0.554. The fraction of sp³-hybridized carbons (Fsp3) is 0.438. The van der Waals surface area contributed by atoms with E-state index in [0.29, 0.717) is 0 Å². The van der Waals surface area contributed by atoms with Crippen LogP contribution in [0.4, 0.5) is 0 Å². The number of nitrogens with zero attached hydrogens (tertiary/aromatic N) is 1. The average molecular weight is 318 g/mol. The van der Waals surface area contributed by atoms with Gasteiger partial charge >= 0.3 is 5.97 Å². The van der Waals surface area contributed by atoms with Crippen molar-refractivity contribution in [2.45, 2.75) is 18.5 Å². The van der Waals surface area contributed by atoms with Gasteiger partial charge in [-0.1, -0.05) is 12.1 Å². The molecule has 1 aromatic carbocycles. The predicted molar refractivity (Wildman–Crippen MR) is 79.2 cm³/mol. The Hall–Kier alpha value is -2.41. The molecule has 0 aromatic heterocycles. The number of phenols is 1. The van der Waals surface area contributed by atoms with Gasteiger partial charge in [-0.15, -0.1) is 0 Å². The second-order valence-electron chi connectivity index (χ2n) is 6.15. The highest BCUT2D eigenvalue weighted by Gasteiger charge is 2.66. The molecule has 4 atom stereocenters. The van der Waals surface area contributed by atoms with Gasteiger partial charge < -0.3 is 9.84 Å². The molecule has 2 heterocycles. The van der Waals surface area contributed by atoms with Crippen LogP contribution in [0.5, 0.6) is 5.75 Å². The van der Waals surface area contributed by atoms with Gasteiger partial charge in [-0.3, -0.25) is 24.6 Å². The van der Waals surface area contributed by atoms with Gasteiger partial charge in [-0.25, -0.2) is 0 Å². The van der Waals surface area contributed by atoms with Crippen LogP contribution in [-0.4, -0.2) is 47.5 Å². The molecule has 2 fully saturated rings. The van der Waals surface area contributed by atoms with Crippen LogP contribution in [0.1, 0.15) is 18.5 Å². The maximum atomic E-state index is 12.5. The van der Waals surface area contributed by atoms with E-state index < -0.39 is 29.4 Å². The minimum atomic E-state index is -1.28. The number of phenolic OH excluding ortho intramolecular Hbond substituents is 1. The number of fused-ring (bicyclic) bond motifs is 1. The Labute approximate surface area is 133 Å². The normalized spacial score (nSPS) is 33.0. The van der Waals surface area contributed by atoms with Crippen molar-refractivity contribution in [1.29, 1.82) is 0 Å². The van der Waals surface area contributed by atoms with E-state index in [1.165, 1.54) is 26.3 Å². The van der Waals surface area contributed by atoms with Gasteiger partial charge in [-0.2, -0.15) is 0 Å². The molecule has 2 amide bonds. The van der Waals surface area contributed by atoms with Crippen LogP contribution in [0.2, 0.25) is 0 Å². The van der Waals surface area contributed by atoms with Crippen molar-refractivity contribution in [2.24, 2.45) is 11.8 Å². The molecule has 2 saturated heterocycles. The number of methoxy groups -OCH3 is 1. The lowest BCUT2D eigenvalue weighted by Crippen LogP contribution is -2.53. The van der Waals surface area contributed by atoms with E-state index in [1.54, 1.807) is 19.1 Å². The number of rotatable bonds is 2. The summed E-state index contributed by atoms with van der Waals surface area (Å²) in [5.74, 6) is -2.68. The lowest BCUT2D eigenvalue weighted by atomic mass is 9.80. The van der Waals surface area contributed by atoms with Gasteiger partial charge in [0.05, 0.1) is 18.9 Å². The molecule has 2 aliphatic rings. The van der Waals surface area contributed by atoms with Crippen LogP contribution in [0.25, 0.3) is 0 Å². The number of benzene rings is 1. The topological polar surface area (TPSA) is 95.9 Å². The monoisotopic (exact) mass is 318 g/mol. The first kappa shape index (κ1) is 15.5. The average Bonchev–Trinajstić information content (AvgIpc) is 2.97. The molecule has 1 aromatic rings. The lowest BCUT2D eigenvalue weighted by Gasteiger charge is -2.27. The number of carbonyl (C=O) groups is 3. The number of carbonyl (C=O) groups excluding carboxylic acids is 3. The zero-order valence-electron chi connectivity index (χ0n) is 13.1. The highest BCUT2D eigenvalue weighted by molar-refractivity contribution is 6.09. The zero-order valence-corrected chi connectivity index (χ0v) is 13.1. The van der Waals surface area contributed by atoms with Gasteiger partial charge in [0.25, 0.3) is 0 Å². The Morgan fingerprint density at radius 1 is 1.26 bits per heavy atom. The van der Waals surface area contributed by atoms with Crippen molar-refractivity contribution in [3.63, 3.8) is 0 Å². The van der Waals surface area contributed by atoms with Crippen molar-refractivity contribution in [1.82, 2.24) is 10.2 Å². The SMILES string of the molecule is COC(=O)[C@@]1(C)N[C@@H](c2ccc(O)cc2)[C@H]2C(=O)N(C)C(=O)[C@H]21. The molecule has 7 heteroatoms. The second-order valence-corrected chi connectivity index (χ2v) is 6.15. The number of hydrogen-bond acceptors (Lipinski definition) is 6. The van der Waals surface area contributed by atoms with Gasteiger partial charge in [-0.05, 0) is 24.6 Å². The van der Waals surface area contributed by atoms with Gasteiger partial charge in [0.15, 0.2) is 0 Å². The second kappa shape index (κ2) is 5.06. The van der Waals surface area contributed by atoms with Gasteiger partial charge in [0, 0.05) is 13.1 Å². The number of imide groups is 1. The molecule has 2 N–H and O–H groups in total. The van der Waals surface area contributed by atoms with Crippen molar-refractivity contribution >= 4 is 17.8 Å². The van der Waals surface area contributed by atoms with Crippen LogP contribution < -0.4 is 5.32 Å². The number of ether oxygens (including phenoxy) is 1. The van der Waals surface area contributed by atoms with Crippen LogP contribution >= 0.6 is 0 Å². The number of likely N-dealkylation sites (tertiary alicyclic amines) is 1. The molecule has 0 radical (unpaired) electrons. The van der Waals surface area contributed by atoms with E-state index in [-0.39, 0.29) is 17.6 Å². The van der Waals surface area contributed by atoms with E-state index in [4.69, 9.17) is 4.74 Å². The van der Waals surface area contributed by atoms with Crippen molar-refractivity contribution in [2.75, 3.05) is 14.2 Å². The van der Waals surface area contributed by atoms with Crippen molar-refractivity contribution in [3.05, 3.63) is 29.8 Å². The smallest absolute Gasteiger partial charge is 0.326 e. The molecule has 0 aliphatic carbocycles. The maximum absolute atomic E-state index is 12.5. The molecule has 7 nitrogen and oxygen atoms in total. The van der Waals surface area contributed by atoms with Crippen LogP contribution in [0, 0.1) is 11.8 Å². The maximum Gasteiger partial charge on any atom is 0.326 e. The van der Waals surface area contributed by atoms with E-state index >= 15 is 0 Å². The largest absolute Gasteiger partial charge is 0.508 e. The molecule has 0 spiro atoms. The highest BCUT2D eigenvalue weighted by Crippen LogP contribution is 2.48. The van der Waals surface area contributed by atoms with Crippen molar-refractivity contribution in [3.8, 4) is 5.75 Å². The summed E-state index contributed by atoms with van der Waals surface area (Å²) in [6.07, 6.45) is 0. The molecule has 23 heavy (non-hydrogen) atoms. The van der Waals surface area contributed by atoms with Gasteiger partial charge in [0.2, 0.25) is 11.8 Å². The molecule has 0 unspecified atom stereocenters. The number of amides is 2. The fourth-order valence-electron chi connectivity index (χ4n) is 3.65. The van der Waals surface area contributed by atoms with E-state index in [2.05, 4.69) is 5.32 Å². The van der Waals surface area contributed by atoms with Crippen LogP contribution in [0.3, 0.4) is 0 Å². The number of aromatic hydroxyl groups is 1. The fourth-order valence-corrected chi connectivity index (χ4v) is 3.65. The molecule has 0 bridgehead atoms. The third-order valence-electron chi connectivity index (χ3n) is 4.87. The van der Waals surface area contributed by atoms with E-state index in [0.717, 1.165) is 10.5 Å². The number of esters is 1. The van der Waals surface area contributed by atoms with E-state index in [1.807, 2.05) is 0 Å². The summed E-state index contributed by atoms with van der Waals surface area (Å²) in [7, 11) is 2.68.